The predicted molar refractivity (Wildman–Crippen MR) is 122 cm³/mol. The van der Waals surface area contributed by atoms with E-state index in [1.54, 1.807) is 0 Å². The van der Waals surface area contributed by atoms with Crippen molar-refractivity contribution in [3.05, 3.63) is 34.9 Å². The van der Waals surface area contributed by atoms with Gasteiger partial charge in [0.15, 0.2) is 0 Å². The molecule has 4 rings (SSSR count). The van der Waals surface area contributed by atoms with Crippen molar-refractivity contribution in [2.45, 2.75) is 19.4 Å². The minimum Gasteiger partial charge on any atom is -0.342 e. The molecule has 31 heavy (non-hydrogen) atoms. The summed E-state index contributed by atoms with van der Waals surface area (Å²) in [6.07, 6.45) is 2.27. The summed E-state index contributed by atoms with van der Waals surface area (Å²) >= 11 is 6.09. The largest absolute Gasteiger partial charge is 0.342 e. The van der Waals surface area contributed by atoms with E-state index in [0.717, 1.165) is 89.9 Å². The molecule has 3 aliphatic heterocycles. The summed E-state index contributed by atoms with van der Waals surface area (Å²) in [4.78, 5) is 36.0. The summed E-state index contributed by atoms with van der Waals surface area (Å²) in [5.41, 5.74) is 1.22. The third-order valence-electron chi connectivity index (χ3n) is 6.66. The third-order valence-corrected chi connectivity index (χ3v) is 6.90. The lowest BCUT2D eigenvalue weighted by Gasteiger charge is -2.38. The highest BCUT2D eigenvalue weighted by molar-refractivity contribution is 6.30. The lowest BCUT2D eigenvalue weighted by Crippen LogP contribution is -2.54. The van der Waals surface area contributed by atoms with Crippen LogP contribution in [0, 0.1) is 0 Å². The van der Waals surface area contributed by atoms with Crippen LogP contribution in [0.3, 0.4) is 0 Å². The zero-order valence-electron chi connectivity index (χ0n) is 18.3. The molecule has 0 aromatic heterocycles. The molecule has 1 aromatic carbocycles. The molecule has 0 atom stereocenters. The van der Waals surface area contributed by atoms with E-state index in [1.807, 2.05) is 28.0 Å². The molecule has 0 saturated carbocycles. The minimum atomic E-state index is 0.226. The van der Waals surface area contributed by atoms with Crippen molar-refractivity contribution >= 4 is 23.4 Å². The van der Waals surface area contributed by atoms with Crippen molar-refractivity contribution in [3.8, 4) is 0 Å². The standard InChI is InChI=1S/C23H34ClN5O2/c24-21-5-3-4-20(16-21)17-25-12-14-29(15-13-25)23(31)19-27-10-8-26(9-11-27)18-22(30)28-6-1-2-7-28/h3-5,16H,1-2,6-15,17-19H2. The van der Waals surface area contributed by atoms with Crippen molar-refractivity contribution in [3.63, 3.8) is 0 Å². The molecule has 3 aliphatic rings. The van der Waals surface area contributed by atoms with Gasteiger partial charge < -0.3 is 9.80 Å². The van der Waals surface area contributed by atoms with E-state index < -0.39 is 0 Å². The average Bonchev–Trinajstić information content (AvgIpc) is 3.31. The number of carbonyl (C=O) groups excluding carboxylic acids is 2. The molecule has 0 radical (unpaired) electrons. The van der Waals surface area contributed by atoms with Crippen LogP contribution in [-0.4, -0.2) is 115 Å². The quantitative estimate of drug-likeness (QED) is 0.656. The normalized spacial score (nSPS) is 21.6. The fourth-order valence-electron chi connectivity index (χ4n) is 4.70. The number of amides is 2. The number of benzene rings is 1. The summed E-state index contributed by atoms with van der Waals surface area (Å²) in [5.74, 6) is 0.488. The Kier molecular flexibility index (Phi) is 7.82. The van der Waals surface area contributed by atoms with Crippen molar-refractivity contribution in [2.75, 3.05) is 78.5 Å². The van der Waals surface area contributed by atoms with Crippen LogP contribution in [0.25, 0.3) is 0 Å². The minimum absolute atomic E-state index is 0.226. The van der Waals surface area contributed by atoms with Crippen LogP contribution < -0.4 is 0 Å². The van der Waals surface area contributed by atoms with Gasteiger partial charge >= 0.3 is 0 Å². The topological polar surface area (TPSA) is 50.3 Å². The average molecular weight is 448 g/mol. The van der Waals surface area contributed by atoms with Crippen molar-refractivity contribution < 1.29 is 9.59 Å². The number of halogens is 1. The number of hydrogen-bond acceptors (Lipinski definition) is 5. The Bertz CT molecular complexity index is 754. The molecular formula is C23H34ClN5O2. The Morgan fingerprint density at radius 1 is 0.710 bits per heavy atom. The SMILES string of the molecule is O=C(CN1CCN(CC(=O)N2CCN(Cc3cccc(Cl)c3)CC2)CC1)N1CCCC1. The monoisotopic (exact) mass is 447 g/mol. The van der Waals surface area contributed by atoms with Gasteiger partial charge in [0, 0.05) is 77.0 Å². The Morgan fingerprint density at radius 3 is 1.77 bits per heavy atom. The van der Waals surface area contributed by atoms with Gasteiger partial charge in [-0.25, -0.2) is 0 Å². The smallest absolute Gasteiger partial charge is 0.236 e. The Morgan fingerprint density at radius 2 is 1.23 bits per heavy atom. The van der Waals surface area contributed by atoms with Gasteiger partial charge in [-0.1, -0.05) is 23.7 Å². The lowest BCUT2D eigenvalue weighted by atomic mass is 10.2. The number of carbonyl (C=O) groups is 2. The lowest BCUT2D eigenvalue weighted by molar-refractivity contribution is -0.136. The maximum atomic E-state index is 12.8. The van der Waals surface area contributed by atoms with Gasteiger partial charge in [0.2, 0.25) is 11.8 Å². The number of likely N-dealkylation sites (tertiary alicyclic amines) is 1. The highest BCUT2D eigenvalue weighted by Crippen LogP contribution is 2.14. The second kappa shape index (κ2) is 10.8. The van der Waals surface area contributed by atoms with Gasteiger partial charge in [-0.15, -0.1) is 0 Å². The first kappa shape index (κ1) is 22.5. The maximum absolute atomic E-state index is 12.8. The second-order valence-electron chi connectivity index (χ2n) is 8.93. The van der Waals surface area contributed by atoms with Gasteiger partial charge in [-0.05, 0) is 30.5 Å². The van der Waals surface area contributed by atoms with Gasteiger partial charge in [-0.3, -0.25) is 24.3 Å². The van der Waals surface area contributed by atoms with E-state index in [1.165, 1.54) is 5.56 Å². The first-order valence-electron chi connectivity index (χ1n) is 11.5. The third kappa shape index (κ3) is 6.42. The van der Waals surface area contributed by atoms with Gasteiger partial charge in [0.1, 0.15) is 0 Å². The molecule has 0 spiro atoms. The van der Waals surface area contributed by atoms with Crippen LogP contribution in [0.5, 0.6) is 0 Å². The van der Waals surface area contributed by atoms with E-state index >= 15 is 0 Å². The molecule has 3 fully saturated rings. The molecule has 8 heteroatoms. The maximum Gasteiger partial charge on any atom is 0.236 e. The number of rotatable bonds is 6. The summed E-state index contributed by atoms with van der Waals surface area (Å²) in [6.45, 7) is 10.5. The Hall–Kier alpha value is -1.67. The highest BCUT2D eigenvalue weighted by atomic mass is 35.5. The van der Waals surface area contributed by atoms with E-state index in [0.29, 0.717) is 13.1 Å². The molecule has 0 unspecified atom stereocenters. The molecule has 2 amide bonds. The summed E-state index contributed by atoms with van der Waals surface area (Å²) in [5, 5.41) is 0.770. The molecule has 1 aromatic rings. The van der Waals surface area contributed by atoms with E-state index in [2.05, 4.69) is 20.8 Å². The first-order valence-corrected chi connectivity index (χ1v) is 11.9. The summed E-state index contributed by atoms with van der Waals surface area (Å²) in [6, 6.07) is 7.99. The van der Waals surface area contributed by atoms with Crippen LogP contribution in [-0.2, 0) is 16.1 Å². The molecule has 0 aliphatic carbocycles. The van der Waals surface area contributed by atoms with Crippen molar-refractivity contribution in [1.82, 2.24) is 24.5 Å². The van der Waals surface area contributed by atoms with Crippen LogP contribution >= 0.6 is 11.6 Å². The Labute approximate surface area is 190 Å². The van der Waals surface area contributed by atoms with Crippen LogP contribution in [0.1, 0.15) is 18.4 Å². The fraction of sp³-hybridized carbons (Fsp3) is 0.652. The van der Waals surface area contributed by atoms with E-state index in [9.17, 15) is 9.59 Å². The fourth-order valence-corrected chi connectivity index (χ4v) is 4.92. The zero-order valence-corrected chi connectivity index (χ0v) is 19.1. The molecule has 170 valence electrons. The van der Waals surface area contributed by atoms with Crippen LogP contribution in [0.4, 0.5) is 0 Å². The summed E-state index contributed by atoms with van der Waals surface area (Å²) < 4.78 is 0. The predicted octanol–water partition coefficient (Wildman–Crippen LogP) is 1.22. The van der Waals surface area contributed by atoms with Gasteiger partial charge in [-0.2, -0.15) is 0 Å². The van der Waals surface area contributed by atoms with Gasteiger partial charge in [0.25, 0.3) is 0 Å². The molecule has 3 heterocycles. The molecule has 7 nitrogen and oxygen atoms in total. The first-order chi connectivity index (χ1) is 15.1. The summed E-state index contributed by atoms with van der Waals surface area (Å²) in [7, 11) is 0. The Balaban J connectivity index is 1.14. The zero-order chi connectivity index (χ0) is 21.6. The van der Waals surface area contributed by atoms with Crippen molar-refractivity contribution in [2.24, 2.45) is 0 Å². The van der Waals surface area contributed by atoms with E-state index in [4.69, 9.17) is 11.6 Å². The molecule has 3 saturated heterocycles. The molecule has 0 bridgehead atoms. The van der Waals surface area contributed by atoms with Crippen molar-refractivity contribution in [1.29, 1.82) is 0 Å². The number of nitrogens with zero attached hydrogens (tertiary/aromatic N) is 5. The second-order valence-corrected chi connectivity index (χ2v) is 9.36. The number of piperazine rings is 2. The number of hydrogen-bond donors (Lipinski definition) is 0. The van der Waals surface area contributed by atoms with Crippen LogP contribution in [0.2, 0.25) is 5.02 Å². The van der Waals surface area contributed by atoms with Crippen LogP contribution in [0.15, 0.2) is 24.3 Å². The van der Waals surface area contributed by atoms with Gasteiger partial charge in [0.05, 0.1) is 13.1 Å². The highest BCUT2D eigenvalue weighted by Gasteiger charge is 2.26. The molecule has 0 N–H and O–H groups in total. The molecular weight excluding hydrogens is 414 g/mol. The van der Waals surface area contributed by atoms with E-state index in [-0.39, 0.29) is 11.8 Å².